The van der Waals surface area contributed by atoms with Gasteiger partial charge in [-0.3, -0.25) is 9.59 Å². The van der Waals surface area contributed by atoms with Gasteiger partial charge in [0.1, 0.15) is 6.54 Å². The Balaban J connectivity index is 1.94. The van der Waals surface area contributed by atoms with Crippen LogP contribution in [0, 0.1) is 0 Å². The van der Waals surface area contributed by atoms with Crippen LogP contribution in [0.15, 0.2) is 53.3 Å². The predicted octanol–water partition coefficient (Wildman–Crippen LogP) is 3.25. The Labute approximate surface area is 161 Å². The number of hydrogen-bond donors (Lipinski definition) is 2. The number of aromatic carboxylic acids is 1. The Morgan fingerprint density at radius 1 is 1.11 bits per heavy atom. The first-order valence-corrected chi connectivity index (χ1v) is 9.04. The second kappa shape index (κ2) is 8.04. The summed E-state index contributed by atoms with van der Waals surface area (Å²) in [7, 11) is 0. The molecule has 0 spiro atoms. The van der Waals surface area contributed by atoms with Crippen LogP contribution in [0.3, 0.4) is 0 Å². The number of rotatable bonds is 6. The molecule has 0 aliphatic heterocycles. The van der Waals surface area contributed by atoms with Crippen molar-refractivity contribution >= 4 is 28.3 Å². The van der Waals surface area contributed by atoms with E-state index in [1.165, 1.54) is 12.1 Å². The van der Waals surface area contributed by atoms with Crippen molar-refractivity contribution in [3.05, 3.63) is 70.1 Å². The first-order chi connectivity index (χ1) is 13.4. The molecule has 0 aliphatic rings. The molecule has 7 nitrogen and oxygen atoms in total. The van der Waals surface area contributed by atoms with Crippen LogP contribution in [0.4, 0.5) is 5.69 Å². The molecule has 0 radical (unpaired) electrons. The molecule has 1 atom stereocenters. The summed E-state index contributed by atoms with van der Waals surface area (Å²) in [5, 5.41) is 16.6. The van der Waals surface area contributed by atoms with Crippen LogP contribution in [0.5, 0.6) is 0 Å². The highest BCUT2D eigenvalue weighted by Gasteiger charge is 2.18. The van der Waals surface area contributed by atoms with Crippen molar-refractivity contribution < 1.29 is 14.7 Å². The molecule has 1 amide bonds. The second-order valence-electron chi connectivity index (χ2n) is 6.61. The Morgan fingerprint density at radius 3 is 2.43 bits per heavy atom. The van der Waals surface area contributed by atoms with Crippen LogP contribution < -0.4 is 10.9 Å². The Kier molecular flexibility index (Phi) is 5.54. The first-order valence-electron chi connectivity index (χ1n) is 9.04. The van der Waals surface area contributed by atoms with Crippen LogP contribution in [0.1, 0.15) is 42.2 Å². The fourth-order valence-electron chi connectivity index (χ4n) is 3.09. The topological polar surface area (TPSA) is 101 Å². The molecular formula is C21H21N3O4. The van der Waals surface area contributed by atoms with Crippen LogP contribution in [0.2, 0.25) is 0 Å². The summed E-state index contributed by atoms with van der Waals surface area (Å²) in [4.78, 5) is 36.7. The summed E-state index contributed by atoms with van der Waals surface area (Å²) in [5.74, 6) is -1.44. The van der Waals surface area contributed by atoms with Gasteiger partial charge in [0.25, 0.3) is 5.56 Å². The van der Waals surface area contributed by atoms with E-state index in [9.17, 15) is 19.5 Å². The van der Waals surface area contributed by atoms with Gasteiger partial charge in [0.15, 0.2) is 5.69 Å². The third kappa shape index (κ3) is 3.78. The number of amides is 1. The zero-order chi connectivity index (χ0) is 20.3. The minimum absolute atomic E-state index is 0.211. The standard InChI is InChI=1S/C21H21N3O4/c1-3-13(2)14-8-6-7-11-17(14)22-18(25)12-24-20(26)16-10-5-4-9-15(16)19(23-24)21(27)28/h4-11,13H,3,12H2,1-2H3,(H,22,25)(H,27,28)/t13-/m0/s1. The monoisotopic (exact) mass is 379 g/mol. The van der Waals surface area contributed by atoms with E-state index in [-0.39, 0.29) is 28.9 Å². The summed E-state index contributed by atoms with van der Waals surface area (Å²) in [6.07, 6.45) is 0.917. The van der Waals surface area contributed by atoms with Gasteiger partial charge in [0.05, 0.1) is 5.39 Å². The number of carboxylic acids is 1. The van der Waals surface area contributed by atoms with Crippen molar-refractivity contribution in [3.8, 4) is 0 Å². The van der Waals surface area contributed by atoms with E-state index in [4.69, 9.17) is 0 Å². The number of nitrogens with zero attached hydrogens (tertiary/aromatic N) is 2. The van der Waals surface area contributed by atoms with E-state index in [0.29, 0.717) is 5.69 Å². The summed E-state index contributed by atoms with van der Waals surface area (Å²) >= 11 is 0. The molecule has 28 heavy (non-hydrogen) atoms. The summed E-state index contributed by atoms with van der Waals surface area (Å²) in [5.41, 5.74) is 0.909. The number of para-hydroxylation sites is 1. The van der Waals surface area contributed by atoms with Gasteiger partial charge in [-0.2, -0.15) is 5.10 Å². The van der Waals surface area contributed by atoms with Crippen LogP contribution in [-0.4, -0.2) is 26.8 Å². The number of benzene rings is 2. The molecule has 0 saturated carbocycles. The number of fused-ring (bicyclic) bond motifs is 1. The minimum Gasteiger partial charge on any atom is -0.476 e. The van der Waals surface area contributed by atoms with Gasteiger partial charge in [-0.05, 0) is 30.0 Å². The van der Waals surface area contributed by atoms with E-state index < -0.39 is 17.4 Å². The highest BCUT2D eigenvalue weighted by Crippen LogP contribution is 2.26. The summed E-state index contributed by atoms with van der Waals surface area (Å²) in [6.45, 7) is 3.76. The highest BCUT2D eigenvalue weighted by molar-refractivity contribution is 6.01. The maximum atomic E-state index is 12.6. The average Bonchev–Trinajstić information content (AvgIpc) is 2.69. The number of nitrogens with one attached hydrogen (secondary N) is 1. The first kappa shape index (κ1) is 19.3. The summed E-state index contributed by atoms with van der Waals surface area (Å²) < 4.78 is 0.896. The average molecular weight is 379 g/mol. The lowest BCUT2D eigenvalue weighted by molar-refractivity contribution is -0.117. The van der Waals surface area contributed by atoms with E-state index in [1.54, 1.807) is 18.2 Å². The molecule has 0 bridgehead atoms. The predicted molar refractivity (Wildman–Crippen MR) is 107 cm³/mol. The third-order valence-corrected chi connectivity index (χ3v) is 4.74. The zero-order valence-corrected chi connectivity index (χ0v) is 15.7. The van der Waals surface area contributed by atoms with Crippen molar-refractivity contribution in [3.63, 3.8) is 0 Å². The Bertz CT molecular complexity index is 1100. The number of carbonyl (C=O) groups excluding carboxylic acids is 1. The second-order valence-corrected chi connectivity index (χ2v) is 6.61. The third-order valence-electron chi connectivity index (χ3n) is 4.74. The molecule has 0 aliphatic carbocycles. The number of carbonyl (C=O) groups is 2. The number of aromatic nitrogens is 2. The Hall–Kier alpha value is -3.48. The van der Waals surface area contributed by atoms with E-state index in [2.05, 4.69) is 24.3 Å². The lowest BCUT2D eigenvalue weighted by Crippen LogP contribution is -2.31. The maximum absolute atomic E-state index is 12.6. The molecular weight excluding hydrogens is 358 g/mol. The quantitative estimate of drug-likeness (QED) is 0.685. The molecule has 0 unspecified atom stereocenters. The van der Waals surface area contributed by atoms with Gasteiger partial charge in [-0.1, -0.05) is 50.2 Å². The highest BCUT2D eigenvalue weighted by atomic mass is 16.4. The lowest BCUT2D eigenvalue weighted by atomic mass is 9.97. The molecule has 1 heterocycles. The molecule has 2 N–H and O–H groups in total. The molecule has 0 saturated heterocycles. The van der Waals surface area contributed by atoms with Gasteiger partial charge in [-0.25, -0.2) is 9.48 Å². The largest absolute Gasteiger partial charge is 0.476 e. The molecule has 3 rings (SSSR count). The fraction of sp³-hybridized carbons (Fsp3) is 0.238. The van der Waals surface area contributed by atoms with Crippen molar-refractivity contribution in [1.82, 2.24) is 9.78 Å². The van der Waals surface area contributed by atoms with Crippen molar-refractivity contribution in [2.75, 3.05) is 5.32 Å². The van der Waals surface area contributed by atoms with Gasteiger partial charge >= 0.3 is 5.97 Å². The van der Waals surface area contributed by atoms with E-state index >= 15 is 0 Å². The van der Waals surface area contributed by atoms with Crippen LogP contribution >= 0.6 is 0 Å². The fourth-order valence-corrected chi connectivity index (χ4v) is 3.09. The summed E-state index contributed by atoms with van der Waals surface area (Å²) in [6, 6.07) is 13.8. The molecule has 2 aromatic carbocycles. The van der Waals surface area contributed by atoms with Gasteiger partial charge in [-0.15, -0.1) is 0 Å². The lowest BCUT2D eigenvalue weighted by Gasteiger charge is -2.16. The molecule has 3 aromatic rings. The van der Waals surface area contributed by atoms with Crippen LogP contribution in [0.25, 0.3) is 10.8 Å². The molecule has 0 fully saturated rings. The number of carboxylic acid groups (broad SMARTS) is 1. The molecule has 7 heteroatoms. The maximum Gasteiger partial charge on any atom is 0.357 e. The normalized spacial score (nSPS) is 11.9. The van der Waals surface area contributed by atoms with Gasteiger partial charge in [0.2, 0.25) is 5.91 Å². The van der Waals surface area contributed by atoms with Crippen molar-refractivity contribution in [2.45, 2.75) is 32.7 Å². The van der Waals surface area contributed by atoms with Crippen molar-refractivity contribution in [1.29, 1.82) is 0 Å². The van der Waals surface area contributed by atoms with Gasteiger partial charge < -0.3 is 10.4 Å². The Morgan fingerprint density at radius 2 is 1.75 bits per heavy atom. The van der Waals surface area contributed by atoms with Crippen LogP contribution in [-0.2, 0) is 11.3 Å². The number of anilines is 1. The SMILES string of the molecule is CC[C@H](C)c1ccccc1NC(=O)Cn1nc(C(=O)O)c2ccccc2c1=O. The molecule has 144 valence electrons. The van der Waals surface area contributed by atoms with Crippen molar-refractivity contribution in [2.24, 2.45) is 0 Å². The number of hydrogen-bond acceptors (Lipinski definition) is 4. The van der Waals surface area contributed by atoms with E-state index in [1.807, 2.05) is 18.2 Å². The van der Waals surface area contributed by atoms with Gasteiger partial charge in [0, 0.05) is 11.1 Å². The zero-order valence-electron chi connectivity index (χ0n) is 15.7. The molecule has 1 aromatic heterocycles. The smallest absolute Gasteiger partial charge is 0.357 e. The van der Waals surface area contributed by atoms with E-state index in [0.717, 1.165) is 16.7 Å². The minimum atomic E-state index is -1.26.